The summed E-state index contributed by atoms with van der Waals surface area (Å²) >= 11 is 3.47. The van der Waals surface area contributed by atoms with Crippen LogP contribution in [-0.4, -0.2) is 40.4 Å². The molecule has 1 unspecified atom stereocenters. The molecule has 1 aromatic carbocycles. The van der Waals surface area contributed by atoms with E-state index in [9.17, 15) is 9.59 Å². The number of benzene rings is 1. The zero-order valence-corrected chi connectivity index (χ0v) is 20.1. The summed E-state index contributed by atoms with van der Waals surface area (Å²) in [6.45, 7) is 11.5. The Morgan fingerprint density at radius 2 is 1.67 bits per heavy atom. The summed E-state index contributed by atoms with van der Waals surface area (Å²) < 4.78 is 3.15. The van der Waals surface area contributed by atoms with E-state index in [1.165, 1.54) is 0 Å². The fourth-order valence-corrected chi connectivity index (χ4v) is 4.26. The quantitative estimate of drug-likeness (QED) is 0.673. The molecule has 0 aliphatic carbocycles. The highest BCUT2D eigenvalue weighted by Crippen LogP contribution is 2.25. The first-order valence-electron chi connectivity index (χ1n) is 10.7. The molecule has 162 valence electrons. The van der Waals surface area contributed by atoms with Gasteiger partial charge in [-0.1, -0.05) is 29.8 Å². The van der Waals surface area contributed by atoms with Gasteiger partial charge in [-0.05, 0) is 69.9 Å². The largest absolute Gasteiger partial charge is 0.353 e. The number of nitrogens with zero attached hydrogens (tertiary/aromatic N) is 2. The Balaban J connectivity index is 1.68. The van der Waals surface area contributed by atoms with E-state index in [0.29, 0.717) is 31.8 Å². The molecule has 1 aromatic heterocycles. The highest BCUT2D eigenvalue weighted by molar-refractivity contribution is 9.10. The van der Waals surface area contributed by atoms with Crippen LogP contribution >= 0.6 is 15.9 Å². The standard InChI is InChI=1S/C24H32BrN3O2/c1-15(2)17(4)26-23(29)19-10-12-27(13-11-19)24(30)22-14-16(3)28(18(22)5)21-8-6-20(25)7-9-21/h6-9,14-15,17,19H,10-13H2,1-5H3,(H,26,29). The van der Waals surface area contributed by atoms with Gasteiger partial charge >= 0.3 is 0 Å². The lowest BCUT2D eigenvalue weighted by Gasteiger charge is -2.32. The zero-order valence-electron chi connectivity index (χ0n) is 18.5. The molecule has 0 spiro atoms. The highest BCUT2D eigenvalue weighted by Gasteiger charge is 2.30. The topological polar surface area (TPSA) is 54.3 Å². The molecule has 1 N–H and O–H groups in total. The van der Waals surface area contributed by atoms with Crippen molar-refractivity contribution in [3.8, 4) is 5.69 Å². The molecular weight excluding hydrogens is 442 g/mol. The molecule has 1 aliphatic rings. The highest BCUT2D eigenvalue weighted by atomic mass is 79.9. The van der Waals surface area contributed by atoms with Gasteiger partial charge in [0.2, 0.25) is 5.91 Å². The third kappa shape index (κ3) is 4.80. The van der Waals surface area contributed by atoms with Gasteiger partial charge in [-0.15, -0.1) is 0 Å². The summed E-state index contributed by atoms with van der Waals surface area (Å²) in [5.74, 6) is 0.583. The first kappa shape index (κ1) is 22.6. The molecule has 2 aromatic rings. The molecule has 0 radical (unpaired) electrons. The van der Waals surface area contributed by atoms with E-state index in [1.54, 1.807) is 0 Å². The fourth-order valence-electron chi connectivity index (χ4n) is 3.99. The first-order chi connectivity index (χ1) is 14.2. The van der Waals surface area contributed by atoms with Crippen molar-refractivity contribution in [2.75, 3.05) is 13.1 Å². The van der Waals surface area contributed by atoms with E-state index >= 15 is 0 Å². The van der Waals surface area contributed by atoms with Gasteiger partial charge in [-0.2, -0.15) is 0 Å². The second kappa shape index (κ2) is 9.38. The SMILES string of the molecule is Cc1cc(C(=O)N2CCC(C(=O)NC(C)C(C)C)CC2)c(C)n1-c1ccc(Br)cc1. The van der Waals surface area contributed by atoms with Crippen LogP contribution in [0.25, 0.3) is 5.69 Å². The van der Waals surface area contributed by atoms with E-state index in [-0.39, 0.29) is 23.8 Å². The van der Waals surface area contributed by atoms with Crippen molar-refractivity contribution >= 4 is 27.7 Å². The summed E-state index contributed by atoms with van der Waals surface area (Å²) in [6, 6.07) is 10.2. The average molecular weight is 474 g/mol. The van der Waals surface area contributed by atoms with Crippen molar-refractivity contribution in [3.05, 3.63) is 51.8 Å². The van der Waals surface area contributed by atoms with Crippen LogP contribution in [0.4, 0.5) is 0 Å². The average Bonchev–Trinajstić information content (AvgIpc) is 3.02. The Hall–Kier alpha value is -2.08. The van der Waals surface area contributed by atoms with Crippen molar-refractivity contribution in [2.24, 2.45) is 11.8 Å². The monoisotopic (exact) mass is 473 g/mol. The zero-order chi connectivity index (χ0) is 22.0. The third-order valence-electron chi connectivity index (χ3n) is 6.27. The van der Waals surface area contributed by atoms with Crippen LogP contribution in [0.15, 0.2) is 34.8 Å². The number of piperidine rings is 1. The lowest BCUT2D eigenvalue weighted by Crippen LogP contribution is -2.45. The number of carbonyl (C=O) groups is 2. The molecule has 6 heteroatoms. The van der Waals surface area contributed by atoms with Crippen molar-refractivity contribution < 1.29 is 9.59 Å². The van der Waals surface area contributed by atoms with E-state index in [2.05, 4.69) is 39.7 Å². The molecule has 1 aliphatic heterocycles. The predicted octanol–water partition coefficient (Wildman–Crippen LogP) is 4.87. The van der Waals surface area contributed by atoms with Crippen molar-refractivity contribution in [2.45, 2.75) is 53.5 Å². The second-order valence-electron chi connectivity index (χ2n) is 8.70. The number of likely N-dealkylation sites (tertiary alicyclic amines) is 1. The molecule has 1 fully saturated rings. The van der Waals surface area contributed by atoms with E-state index in [4.69, 9.17) is 0 Å². The number of hydrogen-bond acceptors (Lipinski definition) is 2. The second-order valence-corrected chi connectivity index (χ2v) is 9.62. The van der Waals surface area contributed by atoms with Gasteiger partial charge < -0.3 is 14.8 Å². The minimum Gasteiger partial charge on any atom is -0.353 e. The Kier molecular flexibility index (Phi) is 7.06. The number of hydrogen-bond donors (Lipinski definition) is 1. The predicted molar refractivity (Wildman–Crippen MR) is 124 cm³/mol. The van der Waals surface area contributed by atoms with Gasteiger partial charge in [0.05, 0.1) is 5.56 Å². The minimum absolute atomic E-state index is 0.00885. The maximum atomic E-state index is 13.2. The molecule has 1 saturated heterocycles. The summed E-state index contributed by atoms with van der Waals surface area (Å²) in [7, 11) is 0. The first-order valence-corrected chi connectivity index (χ1v) is 11.5. The maximum absolute atomic E-state index is 13.2. The molecule has 3 rings (SSSR count). The lowest BCUT2D eigenvalue weighted by molar-refractivity contribution is -0.127. The number of aryl methyl sites for hydroxylation is 1. The lowest BCUT2D eigenvalue weighted by atomic mass is 9.94. The Morgan fingerprint density at radius 3 is 2.23 bits per heavy atom. The van der Waals surface area contributed by atoms with Gasteiger partial charge in [-0.25, -0.2) is 0 Å². The summed E-state index contributed by atoms with van der Waals surface area (Å²) in [4.78, 5) is 27.6. The van der Waals surface area contributed by atoms with Crippen LogP contribution in [0, 0.1) is 25.7 Å². The van der Waals surface area contributed by atoms with Gasteiger partial charge in [-0.3, -0.25) is 9.59 Å². The number of halogens is 1. The van der Waals surface area contributed by atoms with Gasteiger partial charge in [0.15, 0.2) is 0 Å². The van der Waals surface area contributed by atoms with Crippen molar-refractivity contribution in [1.29, 1.82) is 0 Å². The number of aromatic nitrogens is 1. The molecule has 30 heavy (non-hydrogen) atoms. The van der Waals surface area contributed by atoms with Gasteiger partial charge in [0.25, 0.3) is 5.91 Å². The number of carbonyl (C=O) groups excluding carboxylic acids is 2. The Bertz CT molecular complexity index is 909. The summed E-state index contributed by atoms with van der Waals surface area (Å²) in [6.07, 6.45) is 1.43. The van der Waals surface area contributed by atoms with Crippen molar-refractivity contribution in [3.63, 3.8) is 0 Å². The number of amides is 2. The minimum atomic E-state index is -0.00885. The van der Waals surface area contributed by atoms with Gasteiger partial charge in [0.1, 0.15) is 0 Å². The summed E-state index contributed by atoms with van der Waals surface area (Å²) in [5.41, 5.74) is 3.77. The van der Waals surface area contributed by atoms with Crippen LogP contribution in [-0.2, 0) is 4.79 Å². The van der Waals surface area contributed by atoms with Crippen LogP contribution in [0.1, 0.15) is 55.4 Å². The van der Waals surface area contributed by atoms with Crippen LogP contribution in [0.3, 0.4) is 0 Å². The number of nitrogens with one attached hydrogen (secondary N) is 1. The van der Waals surface area contributed by atoms with Crippen LogP contribution in [0.2, 0.25) is 0 Å². The van der Waals surface area contributed by atoms with Crippen LogP contribution in [0.5, 0.6) is 0 Å². The Labute approximate surface area is 188 Å². The molecule has 0 bridgehead atoms. The Morgan fingerprint density at radius 1 is 1.07 bits per heavy atom. The maximum Gasteiger partial charge on any atom is 0.255 e. The summed E-state index contributed by atoms with van der Waals surface area (Å²) in [5, 5.41) is 3.12. The molecule has 1 atom stereocenters. The molecular formula is C24H32BrN3O2. The normalized spacial score (nSPS) is 16.0. The van der Waals surface area contributed by atoms with Crippen molar-refractivity contribution in [1.82, 2.24) is 14.8 Å². The van der Waals surface area contributed by atoms with Crippen LogP contribution < -0.4 is 5.32 Å². The molecule has 2 amide bonds. The third-order valence-corrected chi connectivity index (χ3v) is 6.80. The van der Waals surface area contributed by atoms with Gasteiger partial charge in [0, 0.05) is 46.6 Å². The van der Waals surface area contributed by atoms with E-state index < -0.39 is 0 Å². The fraction of sp³-hybridized carbons (Fsp3) is 0.500. The number of rotatable bonds is 5. The van der Waals surface area contributed by atoms with E-state index in [0.717, 1.165) is 27.1 Å². The molecule has 0 saturated carbocycles. The smallest absolute Gasteiger partial charge is 0.255 e. The van der Waals surface area contributed by atoms with E-state index in [1.807, 2.05) is 56.0 Å². The molecule has 2 heterocycles. The molecule has 5 nitrogen and oxygen atoms in total.